The van der Waals surface area contributed by atoms with Gasteiger partial charge < -0.3 is 14.4 Å². The fourth-order valence-electron chi connectivity index (χ4n) is 3.14. The van der Waals surface area contributed by atoms with Gasteiger partial charge in [0.25, 0.3) is 15.9 Å². The summed E-state index contributed by atoms with van der Waals surface area (Å²) in [7, 11) is 1.88. The number of hydroxylamine groups is 1. The van der Waals surface area contributed by atoms with Crippen LogP contribution in [0, 0.1) is 0 Å². The van der Waals surface area contributed by atoms with Crippen molar-refractivity contribution in [2.75, 3.05) is 28.4 Å². The zero-order valence-corrected chi connectivity index (χ0v) is 18.3. The second-order valence-corrected chi connectivity index (χ2v) is 8.90. The molecule has 0 aliphatic heterocycles. The molecule has 1 aliphatic carbocycles. The van der Waals surface area contributed by atoms with E-state index in [0.717, 1.165) is 22.9 Å². The van der Waals surface area contributed by atoms with E-state index in [-0.39, 0.29) is 16.8 Å². The number of rotatable bonds is 9. The van der Waals surface area contributed by atoms with Crippen LogP contribution < -0.4 is 9.47 Å². The number of benzene rings is 2. The molecule has 1 amide bonds. The maximum absolute atomic E-state index is 13.3. The van der Waals surface area contributed by atoms with Crippen LogP contribution in [0.2, 0.25) is 0 Å². The molecule has 9 heteroatoms. The van der Waals surface area contributed by atoms with Gasteiger partial charge in [0.2, 0.25) is 0 Å². The van der Waals surface area contributed by atoms with Crippen molar-refractivity contribution in [1.82, 2.24) is 9.37 Å². The smallest absolute Gasteiger partial charge is 0.264 e. The predicted molar refractivity (Wildman–Crippen MR) is 111 cm³/mol. The Bertz CT molecular complexity index is 1020. The number of hydrogen-bond donors (Lipinski definition) is 0. The minimum Gasteiger partial charge on any atom is -0.497 e. The summed E-state index contributed by atoms with van der Waals surface area (Å²) in [6.07, 6.45) is 1.81. The number of methoxy groups -OCH3 is 2. The lowest BCUT2D eigenvalue weighted by Gasteiger charge is -2.24. The molecule has 0 spiro atoms. The minimum absolute atomic E-state index is 0.00703. The topological polar surface area (TPSA) is 85.4 Å². The van der Waals surface area contributed by atoms with Gasteiger partial charge in [-0.2, -0.15) is 0 Å². The number of nitrogens with zero attached hydrogens (tertiary/aromatic N) is 2. The highest BCUT2D eigenvalue weighted by Crippen LogP contribution is 2.33. The molecule has 1 aliphatic rings. The first-order valence-corrected chi connectivity index (χ1v) is 10.9. The summed E-state index contributed by atoms with van der Waals surface area (Å²) in [4.78, 5) is 19.9. The molecule has 0 heterocycles. The maximum atomic E-state index is 13.3. The van der Waals surface area contributed by atoms with Gasteiger partial charge in [0.1, 0.15) is 11.5 Å². The van der Waals surface area contributed by atoms with E-state index in [1.165, 1.54) is 26.3 Å². The summed E-state index contributed by atoms with van der Waals surface area (Å²) in [6.45, 7) is 0.332. The molecule has 1 fully saturated rings. The summed E-state index contributed by atoms with van der Waals surface area (Å²) >= 11 is 0. The molecule has 0 bridgehead atoms. The van der Waals surface area contributed by atoms with Crippen LogP contribution in [0.3, 0.4) is 0 Å². The van der Waals surface area contributed by atoms with Crippen LogP contribution >= 0.6 is 0 Å². The Morgan fingerprint density at radius 2 is 1.80 bits per heavy atom. The van der Waals surface area contributed by atoms with Crippen LogP contribution in [0.1, 0.15) is 28.8 Å². The van der Waals surface area contributed by atoms with Crippen LogP contribution in [0.4, 0.5) is 0 Å². The molecular formula is C21H26N2O6S. The van der Waals surface area contributed by atoms with E-state index < -0.39 is 10.0 Å². The monoisotopic (exact) mass is 434 g/mol. The molecule has 2 aromatic carbocycles. The van der Waals surface area contributed by atoms with Gasteiger partial charge >= 0.3 is 0 Å². The molecule has 0 saturated heterocycles. The van der Waals surface area contributed by atoms with Gasteiger partial charge in [0, 0.05) is 24.2 Å². The molecule has 8 nitrogen and oxygen atoms in total. The van der Waals surface area contributed by atoms with Gasteiger partial charge in [0.05, 0.1) is 32.8 Å². The lowest BCUT2D eigenvalue weighted by molar-refractivity contribution is -0.0258. The fraction of sp³-hybridized carbons (Fsp3) is 0.381. The standard InChI is InChI=1S/C21H26N2O6S/c1-22(29-4)30(25,26)19-7-5-6-15(13-19)21(24)23(17-8-9-17)14-16-12-18(27-2)10-11-20(16)28-3/h5-7,10-13,17H,8-9,14H2,1-4H3. The largest absolute Gasteiger partial charge is 0.497 e. The predicted octanol–water partition coefficient (Wildman–Crippen LogP) is 2.69. The molecule has 30 heavy (non-hydrogen) atoms. The highest BCUT2D eigenvalue weighted by atomic mass is 32.2. The molecule has 0 unspecified atom stereocenters. The Labute approximate surface area is 177 Å². The van der Waals surface area contributed by atoms with E-state index in [4.69, 9.17) is 14.3 Å². The zero-order valence-electron chi connectivity index (χ0n) is 17.5. The number of hydrogen-bond acceptors (Lipinski definition) is 6. The third-order valence-electron chi connectivity index (χ3n) is 5.05. The average molecular weight is 435 g/mol. The fourth-order valence-corrected chi connectivity index (χ4v) is 4.16. The Hall–Kier alpha value is -2.62. The second kappa shape index (κ2) is 9.03. The highest BCUT2D eigenvalue weighted by Gasteiger charge is 2.34. The van der Waals surface area contributed by atoms with Gasteiger partial charge in [-0.05, 0) is 49.2 Å². The number of amides is 1. The first kappa shape index (κ1) is 22.1. The highest BCUT2D eigenvalue weighted by molar-refractivity contribution is 7.89. The van der Waals surface area contributed by atoms with Crippen molar-refractivity contribution in [2.45, 2.75) is 30.3 Å². The Morgan fingerprint density at radius 1 is 1.07 bits per heavy atom. The van der Waals surface area contributed by atoms with E-state index in [0.29, 0.717) is 23.6 Å². The third kappa shape index (κ3) is 4.58. The van der Waals surface area contributed by atoms with Crippen molar-refractivity contribution >= 4 is 15.9 Å². The second-order valence-electron chi connectivity index (χ2n) is 6.97. The number of carbonyl (C=O) groups excluding carboxylic acids is 1. The minimum atomic E-state index is -3.85. The normalized spacial score (nSPS) is 13.9. The molecule has 2 aromatic rings. The first-order valence-electron chi connectivity index (χ1n) is 9.46. The molecule has 1 saturated carbocycles. The summed E-state index contributed by atoms with van der Waals surface area (Å²) in [6, 6.07) is 11.5. The van der Waals surface area contributed by atoms with Crippen LogP contribution in [0.15, 0.2) is 47.4 Å². The maximum Gasteiger partial charge on any atom is 0.264 e. The van der Waals surface area contributed by atoms with Gasteiger partial charge in [-0.1, -0.05) is 10.5 Å². The lowest BCUT2D eigenvalue weighted by atomic mass is 10.1. The van der Waals surface area contributed by atoms with Crippen LogP contribution in [-0.2, 0) is 21.4 Å². The van der Waals surface area contributed by atoms with Crippen molar-refractivity contribution in [3.63, 3.8) is 0 Å². The van der Waals surface area contributed by atoms with Crippen molar-refractivity contribution in [3.05, 3.63) is 53.6 Å². The van der Waals surface area contributed by atoms with E-state index in [1.54, 1.807) is 43.4 Å². The number of ether oxygens (including phenoxy) is 2. The molecule has 162 valence electrons. The first-order chi connectivity index (χ1) is 14.3. The average Bonchev–Trinajstić information content (AvgIpc) is 3.61. The summed E-state index contributed by atoms with van der Waals surface area (Å²) < 4.78 is 36.6. The Balaban J connectivity index is 1.92. The SMILES string of the molecule is COc1ccc(OC)c(CN(C(=O)c2cccc(S(=O)(=O)N(C)OC)c2)C2CC2)c1. The summed E-state index contributed by atoms with van der Waals surface area (Å²) in [5.74, 6) is 1.09. The number of sulfonamides is 1. The van der Waals surface area contributed by atoms with Crippen molar-refractivity contribution in [1.29, 1.82) is 0 Å². The molecule has 0 radical (unpaired) electrons. The Kier molecular flexibility index (Phi) is 6.64. The van der Waals surface area contributed by atoms with E-state index >= 15 is 0 Å². The van der Waals surface area contributed by atoms with E-state index in [1.807, 2.05) is 6.07 Å². The third-order valence-corrected chi connectivity index (χ3v) is 6.73. The van der Waals surface area contributed by atoms with Crippen molar-refractivity contribution in [2.24, 2.45) is 0 Å². The summed E-state index contributed by atoms with van der Waals surface area (Å²) in [5, 5.41) is 0. The molecular weight excluding hydrogens is 408 g/mol. The van der Waals surface area contributed by atoms with Crippen molar-refractivity contribution < 1.29 is 27.5 Å². The van der Waals surface area contributed by atoms with Gasteiger partial charge in [-0.15, -0.1) is 0 Å². The van der Waals surface area contributed by atoms with E-state index in [9.17, 15) is 13.2 Å². The molecule has 0 aromatic heterocycles. The van der Waals surface area contributed by atoms with Crippen LogP contribution in [0.5, 0.6) is 11.5 Å². The van der Waals surface area contributed by atoms with Gasteiger partial charge in [0.15, 0.2) is 0 Å². The lowest BCUT2D eigenvalue weighted by Crippen LogP contribution is -2.33. The van der Waals surface area contributed by atoms with Gasteiger partial charge in [-0.3, -0.25) is 9.63 Å². The Morgan fingerprint density at radius 3 is 2.40 bits per heavy atom. The quantitative estimate of drug-likeness (QED) is 0.564. The summed E-state index contributed by atoms with van der Waals surface area (Å²) in [5.41, 5.74) is 1.12. The number of carbonyl (C=O) groups is 1. The van der Waals surface area contributed by atoms with Crippen molar-refractivity contribution in [3.8, 4) is 11.5 Å². The molecule has 0 atom stereocenters. The molecule has 3 rings (SSSR count). The zero-order chi connectivity index (χ0) is 21.9. The van der Waals surface area contributed by atoms with E-state index in [2.05, 4.69) is 0 Å². The molecule has 0 N–H and O–H groups in total. The van der Waals surface area contributed by atoms with Crippen LogP contribution in [-0.4, -0.2) is 58.1 Å². The van der Waals surface area contributed by atoms with Crippen LogP contribution in [0.25, 0.3) is 0 Å². The van der Waals surface area contributed by atoms with Gasteiger partial charge in [-0.25, -0.2) is 8.42 Å².